The quantitative estimate of drug-likeness (QED) is 0.297. The SMILES string of the molecule is CCCCCCCCCCCC(CC)O[Si](C)C. The maximum Gasteiger partial charge on any atom is 0.205 e. The lowest BCUT2D eigenvalue weighted by Gasteiger charge is -2.18. The first-order chi connectivity index (χ1) is 8.70. The van der Waals surface area contributed by atoms with Crippen LogP contribution in [-0.2, 0) is 4.43 Å². The zero-order chi connectivity index (χ0) is 13.6. The van der Waals surface area contributed by atoms with Crippen molar-refractivity contribution in [3.63, 3.8) is 0 Å². The molecule has 2 heteroatoms. The van der Waals surface area contributed by atoms with Crippen molar-refractivity contribution < 1.29 is 4.43 Å². The summed E-state index contributed by atoms with van der Waals surface area (Å²) < 4.78 is 5.97. The Bertz CT molecular complexity index is 159. The Balaban J connectivity index is 3.23. The van der Waals surface area contributed by atoms with Gasteiger partial charge >= 0.3 is 0 Å². The van der Waals surface area contributed by atoms with Gasteiger partial charge in [0.15, 0.2) is 0 Å². The average molecular weight is 272 g/mol. The highest BCUT2D eigenvalue weighted by atomic mass is 28.3. The molecule has 0 saturated heterocycles. The third-order valence-electron chi connectivity index (χ3n) is 3.49. The number of rotatable bonds is 13. The zero-order valence-corrected chi connectivity index (χ0v) is 14.3. The molecule has 0 rings (SSSR count). The van der Waals surface area contributed by atoms with E-state index in [0.29, 0.717) is 6.10 Å². The van der Waals surface area contributed by atoms with E-state index in [0.717, 1.165) is 0 Å². The molecule has 0 saturated carbocycles. The van der Waals surface area contributed by atoms with E-state index in [4.69, 9.17) is 4.43 Å². The molecule has 0 aromatic rings. The van der Waals surface area contributed by atoms with E-state index in [2.05, 4.69) is 26.9 Å². The Morgan fingerprint density at radius 2 is 1.28 bits per heavy atom. The summed E-state index contributed by atoms with van der Waals surface area (Å²) in [6, 6.07) is 0. The predicted molar refractivity (Wildman–Crippen MR) is 84.5 cm³/mol. The molecule has 0 fully saturated rings. The van der Waals surface area contributed by atoms with Gasteiger partial charge in [0.25, 0.3) is 0 Å². The lowest BCUT2D eigenvalue weighted by molar-refractivity contribution is 0.185. The zero-order valence-electron chi connectivity index (χ0n) is 13.3. The molecule has 1 atom stereocenters. The average Bonchev–Trinajstić information content (AvgIpc) is 2.35. The van der Waals surface area contributed by atoms with Gasteiger partial charge in [0.2, 0.25) is 9.04 Å². The smallest absolute Gasteiger partial charge is 0.205 e. The standard InChI is InChI=1S/C16H35OSi/c1-5-7-8-9-10-11-12-13-14-15-16(6-2)17-18(3)4/h16H,5-15H2,1-4H3. The van der Waals surface area contributed by atoms with E-state index in [1.165, 1.54) is 70.6 Å². The molecular weight excluding hydrogens is 236 g/mol. The van der Waals surface area contributed by atoms with Gasteiger partial charge in [0.1, 0.15) is 0 Å². The molecule has 1 radical (unpaired) electrons. The van der Waals surface area contributed by atoms with E-state index < -0.39 is 9.04 Å². The number of hydrogen-bond acceptors (Lipinski definition) is 1. The van der Waals surface area contributed by atoms with Crippen molar-refractivity contribution in [1.82, 2.24) is 0 Å². The van der Waals surface area contributed by atoms with E-state index >= 15 is 0 Å². The van der Waals surface area contributed by atoms with Crippen LogP contribution >= 0.6 is 0 Å². The Labute approximate surface area is 117 Å². The second-order valence-corrected chi connectivity index (χ2v) is 7.73. The highest BCUT2D eigenvalue weighted by Gasteiger charge is 2.08. The van der Waals surface area contributed by atoms with E-state index in [1.807, 2.05) is 0 Å². The first-order valence-corrected chi connectivity index (χ1v) is 10.6. The molecule has 0 aliphatic carbocycles. The van der Waals surface area contributed by atoms with Gasteiger partial charge in [0.05, 0.1) is 0 Å². The van der Waals surface area contributed by atoms with Crippen LogP contribution < -0.4 is 0 Å². The summed E-state index contributed by atoms with van der Waals surface area (Å²) in [5.74, 6) is 0. The maximum atomic E-state index is 5.97. The minimum atomic E-state index is -0.505. The molecule has 0 aromatic carbocycles. The molecule has 1 nitrogen and oxygen atoms in total. The minimum Gasteiger partial charge on any atom is -0.414 e. The molecule has 0 aliphatic rings. The van der Waals surface area contributed by atoms with E-state index in [1.54, 1.807) is 0 Å². The summed E-state index contributed by atoms with van der Waals surface area (Å²) >= 11 is 0. The van der Waals surface area contributed by atoms with Crippen molar-refractivity contribution in [2.75, 3.05) is 0 Å². The number of hydrogen-bond donors (Lipinski definition) is 0. The lowest BCUT2D eigenvalue weighted by atomic mass is 10.0. The van der Waals surface area contributed by atoms with Crippen LogP contribution in [0.1, 0.15) is 84.5 Å². The van der Waals surface area contributed by atoms with Gasteiger partial charge in [0, 0.05) is 6.10 Å². The summed E-state index contributed by atoms with van der Waals surface area (Å²) in [5, 5.41) is 0. The second-order valence-electron chi connectivity index (χ2n) is 5.67. The highest BCUT2D eigenvalue weighted by Crippen LogP contribution is 2.14. The van der Waals surface area contributed by atoms with Crippen LogP contribution in [0.5, 0.6) is 0 Å². The van der Waals surface area contributed by atoms with Crippen molar-refractivity contribution in [3.05, 3.63) is 0 Å². The second kappa shape index (κ2) is 13.6. The van der Waals surface area contributed by atoms with Crippen molar-refractivity contribution in [2.45, 2.75) is 104 Å². The maximum absolute atomic E-state index is 5.97. The third kappa shape index (κ3) is 12.6. The van der Waals surface area contributed by atoms with Gasteiger partial charge in [-0.3, -0.25) is 0 Å². The molecular formula is C16H35OSi. The summed E-state index contributed by atoms with van der Waals surface area (Å²) in [6.45, 7) is 9.02. The van der Waals surface area contributed by atoms with Gasteiger partial charge in [-0.25, -0.2) is 0 Å². The van der Waals surface area contributed by atoms with Crippen LogP contribution in [0.4, 0.5) is 0 Å². The van der Waals surface area contributed by atoms with Crippen molar-refractivity contribution >= 4 is 9.04 Å². The van der Waals surface area contributed by atoms with Gasteiger partial charge in [-0.15, -0.1) is 0 Å². The van der Waals surface area contributed by atoms with Crippen molar-refractivity contribution in [1.29, 1.82) is 0 Å². The molecule has 0 heterocycles. The van der Waals surface area contributed by atoms with Crippen molar-refractivity contribution in [3.8, 4) is 0 Å². The highest BCUT2D eigenvalue weighted by molar-refractivity contribution is 6.48. The Kier molecular flexibility index (Phi) is 13.7. The van der Waals surface area contributed by atoms with Crippen molar-refractivity contribution in [2.24, 2.45) is 0 Å². The molecule has 1 unspecified atom stereocenters. The Morgan fingerprint density at radius 1 is 0.778 bits per heavy atom. The fraction of sp³-hybridized carbons (Fsp3) is 1.00. The van der Waals surface area contributed by atoms with Gasteiger partial charge < -0.3 is 4.43 Å². The summed E-state index contributed by atoms with van der Waals surface area (Å²) in [4.78, 5) is 0. The lowest BCUT2D eigenvalue weighted by Crippen LogP contribution is -2.19. The predicted octanol–water partition coefficient (Wildman–Crippen LogP) is 5.95. The number of unbranched alkanes of at least 4 members (excludes halogenated alkanes) is 8. The molecule has 0 bridgehead atoms. The monoisotopic (exact) mass is 271 g/mol. The van der Waals surface area contributed by atoms with Crippen LogP contribution in [0.25, 0.3) is 0 Å². The minimum absolute atomic E-state index is 0.505. The summed E-state index contributed by atoms with van der Waals surface area (Å²) in [6.07, 6.45) is 15.8. The molecule has 0 aromatic heterocycles. The van der Waals surface area contributed by atoms with E-state index in [9.17, 15) is 0 Å². The van der Waals surface area contributed by atoms with Crippen LogP contribution in [0.3, 0.4) is 0 Å². The largest absolute Gasteiger partial charge is 0.414 e. The molecule has 0 N–H and O–H groups in total. The van der Waals surface area contributed by atoms with Crippen LogP contribution in [-0.4, -0.2) is 15.1 Å². The summed E-state index contributed by atoms with van der Waals surface area (Å²) in [7, 11) is -0.505. The normalized spacial score (nSPS) is 13.2. The molecule has 0 spiro atoms. The Hall–Kier alpha value is 0.177. The van der Waals surface area contributed by atoms with E-state index in [-0.39, 0.29) is 0 Å². The van der Waals surface area contributed by atoms with Crippen LogP contribution in [0.15, 0.2) is 0 Å². The van der Waals surface area contributed by atoms with Gasteiger partial charge in [-0.05, 0) is 25.9 Å². The van der Waals surface area contributed by atoms with Crippen LogP contribution in [0, 0.1) is 0 Å². The Morgan fingerprint density at radius 3 is 1.72 bits per heavy atom. The fourth-order valence-corrected chi connectivity index (χ4v) is 3.31. The first-order valence-electron chi connectivity index (χ1n) is 8.17. The topological polar surface area (TPSA) is 9.23 Å². The van der Waals surface area contributed by atoms with Gasteiger partial charge in [-0.1, -0.05) is 71.6 Å². The van der Waals surface area contributed by atoms with Gasteiger partial charge in [-0.2, -0.15) is 0 Å². The molecule has 109 valence electrons. The third-order valence-corrected chi connectivity index (χ3v) is 4.29. The van der Waals surface area contributed by atoms with Crippen LogP contribution in [0.2, 0.25) is 13.1 Å². The summed E-state index contributed by atoms with van der Waals surface area (Å²) in [5.41, 5.74) is 0. The molecule has 0 aliphatic heterocycles. The first kappa shape index (κ1) is 18.2. The molecule has 0 amide bonds. The molecule has 18 heavy (non-hydrogen) atoms. The fourth-order valence-electron chi connectivity index (χ4n) is 2.36.